The average Bonchev–Trinajstić information content (AvgIpc) is 2.92. The molecule has 0 aromatic heterocycles. The number of fused-ring (bicyclic) bond motifs is 2. The molecule has 134 valence electrons. The third-order valence-corrected chi connectivity index (χ3v) is 5.45. The van der Waals surface area contributed by atoms with Crippen molar-refractivity contribution >= 4 is 11.3 Å². The van der Waals surface area contributed by atoms with Gasteiger partial charge in [-0.3, -0.25) is 9.98 Å². The highest BCUT2D eigenvalue weighted by Crippen LogP contribution is 2.32. The molecular formula is C23H26N2O. The van der Waals surface area contributed by atoms with Crippen molar-refractivity contribution in [2.24, 2.45) is 9.98 Å². The Bertz CT molecular complexity index is 1030. The zero-order valence-corrected chi connectivity index (χ0v) is 16.0. The van der Waals surface area contributed by atoms with E-state index >= 15 is 0 Å². The molecule has 2 heterocycles. The van der Waals surface area contributed by atoms with Crippen molar-refractivity contribution in [2.45, 2.75) is 52.5 Å². The number of hydrogen-bond acceptors (Lipinski definition) is 3. The second-order valence-corrected chi connectivity index (χ2v) is 7.89. The SMILES string of the molecule is Cc1cc(O)c(C(C)C)c(CC2=NCCC3=c4ccc(C)cc4=NC23)c1. The fourth-order valence-electron chi connectivity index (χ4n) is 4.35. The topological polar surface area (TPSA) is 45.0 Å². The molecule has 0 spiro atoms. The van der Waals surface area contributed by atoms with Gasteiger partial charge in [0.05, 0.1) is 5.36 Å². The van der Waals surface area contributed by atoms with Crippen molar-refractivity contribution in [2.75, 3.05) is 6.54 Å². The molecule has 2 aromatic carbocycles. The molecule has 2 aliphatic heterocycles. The summed E-state index contributed by atoms with van der Waals surface area (Å²) in [5, 5.41) is 12.9. The molecule has 0 radical (unpaired) electrons. The molecular weight excluding hydrogens is 320 g/mol. The van der Waals surface area contributed by atoms with Crippen LogP contribution in [0.25, 0.3) is 5.57 Å². The van der Waals surface area contributed by atoms with Gasteiger partial charge >= 0.3 is 0 Å². The van der Waals surface area contributed by atoms with E-state index in [0.29, 0.717) is 5.75 Å². The first-order chi connectivity index (χ1) is 12.4. The maximum Gasteiger partial charge on any atom is 0.119 e. The smallest absolute Gasteiger partial charge is 0.119 e. The van der Waals surface area contributed by atoms with Crippen molar-refractivity contribution in [3.63, 3.8) is 0 Å². The number of phenols is 1. The van der Waals surface area contributed by atoms with Crippen LogP contribution in [0.1, 0.15) is 48.4 Å². The number of rotatable bonds is 3. The summed E-state index contributed by atoms with van der Waals surface area (Å²) in [6.45, 7) is 9.24. The maximum atomic E-state index is 10.5. The Morgan fingerprint density at radius 1 is 1.12 bits per heavy atom. The molecule has 1 atom stereocenters. The lowest BCUT2D eigenvalue weighted by Gasteiger charge is -2.23. The van der Waals surface area contributed by atoms with Crippen LogP contribution in [-0.4, -0.2) is 23.4 Å². The lowest BCUT2D eigenvalue weighted by Crippen LogP contribution is -2.28. The minimum atomic E-state index is 0.0724. The number of aryl methyl sites for hydroxylation is 2. The molecule has 3 heteroatoms. The number of aliphatic imine (C=N–C) groups is 1. The van der Waals surface area contributed by atoms with Crippen molar-refractivity contribution in [3.05, 3.63) is 63.2 Å². The highest BCUT2D eigenvalue weighted by molar-refractivity contribution is 6.01. The maximum absolute atomic E-state index is 10.5. The molecule has 3 nitrogen and oxygen atoms in total. The molecule has 4 rings (SSSR count). The van der Waals surface area contributed by atoms with Gasteiger partial charge in [-0.15, -0.1) is 0 Å². The summed E-state index contributed by atoms with van der Waals surface area (Å²) >= 11 is 0. The zero-order valence-electron chi connectivity index (χ0n) is 16.0. The van der Waals surface area contributed by atoms with Crippen LogP contribution in [0.15, 0.2) is 40.3 Å². The highest BCUT2D eigenvalue weighted by Gasteiger charge is 2.28. The van der Waals surface area contributed by atoms with Crippen LogP contribution < -0.4 is 10.6 Å². The molecule has 0 saturated carbocycles. The fraction of sp³-hybridized carbons (Fsp3) is 0.391. The van der Waals surface area contributed by atoms with E-state index < -0.39 is 0 Å². The van der Waals surface area contributed by atoms with E-state index in [1.165, 1.54) is 21.9 Å². The second kappa shape index (κ2) is 6.39. The van der Waals surface area contributed by atoms with Crippen LogP contribution >= 0.6 is 0 Å². The van der Waals surface area contributed by atoms with Gasteiger partial charge in [0.25, 0.3) is 0 Å². The summed E-state index contributed by atoms with van der Waals surface area (Å²) in [6, 6.07) is 10.7. The van der Waals surface area contributed by atoms with Gasteiger partial charge in [0.15, 0.2) is 0 Å². The molecule has 1 unspecified atom stereocenters. The third-order valence-electron chi connectivity index (χ3n) is 5.45. The number of aromatic hydroxyl groups is 1. The third kappa shape index (κ3) is 2.86. The van der Waals surface area contributed by atoms with Gasteiger partial charge in [-0.25, -0.2) is 0 Å². The van der Waals surface area contributed by atoms with Crippen LogP contribution in [0, 0.1) is 13.8 Å². The molecule has 0 aliphatic carbocycles. The highest BCUT2D eigenvalue weighted by atomic mass is 16.3. The molecule has 0 bridgehead atoms. The van der Waals surface area contributed by atoms with Crippen molar-refractivity contribution in [3.8, 4) is 5.75 Å². The Morgan fingerprint density at radius 3 is 2.69 bits per heavy atom. The largest absolute Gasteiger partial charge is 0.508 e. The molecule has 1 N–H and O–H groups in total. The van der Waals surface area contributed by atoms with Gasteiger partial charge in [0.2, 0.25) is 0 Å². The van der Waals surface area contributed by atoms with Crippen molar-refractivity contribution in [1.29, 1.82) is 0 Å². The molecule has 2 aromatic rings. The Hall–Kier alpha value is -2.42. The van der Waals surface area contributed by atoms with Crippen LogP contribution in [-0.2, 0) is 6.42 Å². The Balaban J connectivity index is 1.76. The lowest BCUT2D eigenvalue weighted by molar-refractivity contribution is 0.463. The van der Waals surface area contributed by atoms with Crippen molar-refractivity contribution in [1.82, 2.24) is 0 Å². The summed E-state index contributed by atoms with van der Waals surface area (Å²) in [7, 11) is 0. The number of phenolic OH excluding ortho intramolecular Hbond substituents is 1. The van der Waals surface area contributed by atoms with Crippen LogP contribution in [0.3, 0.4) is 0 Å². The summed E-state index contributed by atoms with van der Waals surface area (Å²) in [5.41, 5.74) is 7.09. The Labute approximate surface area is 154 Å². The quantitative estimate of drug-likeness (QED) is 0.910. The molecule has 2 aliphatic rings. The normalized spacial score (nSPS) is 18.4. The lowest BCUT2D eigenvalue weighted by atomic mass is 9.87. The first-order valence-corrected chi connectivity index (χ1v) is 9.47. The summed E-state index contributed by atoms with van der Waals surface area (Å²) in [4.78, 5) is 9.85. The minimum Gasteiger partial charge on any atom is -0.508 e. The standard InChI is InChI=1S/C23H26N2O/c1-13(2)22-16(9-15(4)11-21(22)26)12-20-23-18(7-8-24-20)17-6-5-14(3)10-19(17)25-23/h5-6,9-11,13,23,26H,7-8,12H2,1-4H3. The first-order valence-electron chi connectivity index (χ1n) is 9.47. The minimum absolute atomic E-state index is 0.0724. The molecule has 26 heavy (non-hydrogen) atoms. The van der Waals surface area contributed by atoms with Gasteiger partial charge in [-0.05, 0) is 66.1 Å². The van der Waals surface area contributed by atoms with E-state index in [9.17, 15) is 5.11 Å². The molecule has 0 saturated heterocycles. The van der Waals surface area contributed by atoms with E-state index in [-0.39, 0.29) is 12.0 Å². The van der Waals surface area contributed by atoms with Crippen LogP contribution in [0.4, 0.5) is 0 Å². The van der Waals surface area contributed by atoms with Gasteiger partial charge in [-0.1, -0.05) is 32.0 Å². The number of benzene rings is 2. The predicted molar refractivity (Wildman–Crippen MR) is 107 cm³/mol. The Morgan fingerprint density at radius 2 is 1.92 bits per heavy atom. The fourth-order valence-corrected chi connectivity index (χ4v) is 4.35. The average molecular weight is 346 g/mol. The number of hydrogen-bond donors (Lipinski definition) is 1. The van der Waals surface area contributed by atoms with Crippen molar-refractivity contribution < 1.29 is 5.11 Å². The van der Waals surface area contributed by atoms with Gasteiger partial charge < -0.3 is 5.11 Å². The van der Waals surface area contributed by atoms with Crippen LogP contribution in [0.5, 0.6) is 5.75 Å². The van der Waals surface area contributed by atoms with E-state index in [1.54, 1.807) is 0 Å². The van der Waals surface area contributed by atoms with Gasteiger partial charge in [0.1, 0.15) is 11.8 Å². The van der Waals surface area contributed by atoms with Gasteiger partial charge in [0, 0.05) is 23.9 Å². The van der Waals surface area contributed by atoms with E-state index in [1.807, 2.05) is 13.0 Å². The predicted octanol–water partition coefficient (Wildman–Crippen LogP) is 3.37. The first kappa shape index (κ1) is 17.0. The van der Waals surface area contributed by atoms with E-state index in [2.05, 4.69) is 45.0 Å². The van der Waals surface area contributed by atoms with E-state index in [0.717, 1.165) is 41.6 Å². The summed E-state index contributed by atoms with van der Waals surface area (Å²) in [5.74, 6) is 0.677. The number of nitrogens with zero attached hydrogens (tertiary/aromatic N) is 2. The molecule has 0 amide bonds. The van der Waals surface area contributed by atoms with Crippen LogP contribution in [0.2, 0.25) is 0 Å². The summed E-state index contributed by atoms with van der Waals surface area (Å²) in [6.07, 6.45) is 1.75. The van der Waals surface area contributed by atoms with E-state index in [4.69, 9.17) is 9.98 Å². The molecule has 0 fully saturated rings. The monoisotopic (exact) mass is 346 g/mol. The van der Waals surface area contributed by atoms with Gasteiger partial charge in [-0.2, -0.15) is 0 Å². The summed E-state index contributed by atoms with van der Waals surface area (Å²) < 4.78 is 0. The second-order valence-electron chi connectivity index (χ2n) is 7.89. The Kier molecular flexibility index (Phi) is 4.18. The zero-order chi connectivity index (χ0) is 18.4.